The Kier molecular flexibility index (Phi) is 2.79. The van der Waals surface area contributed by atoms with Crippen LogP contribution in [0.15, 0.2) is 17.2 Å². The topological polar surface area (TPSA) is 90.9 Å². The van der Waals surface area contributed by atoms with Crippen LogP contribution < -0.4 is 11.3 Å². The summed E-state index contributed by atoms with van der Waals surface area (Å²) >= 11 is 1.30. The largest absolute Gasteiger partial charge is 0.368 e. The standard InChI is InChI=1S/C13H12N4O2S/c1-6-3-7(2)16-12-9(6)10-11(20-12)13(19)17(5-15-10)4-8(14)18/h3,5H,4H2,1-2H3,(H2,14,18). The predicted molar refractivity (Wildman–Crippen MR) is 77.8 cm³/mol. The van der Waals surface area contributed by atoms with Crippen LogP contribution in [-0.4, -0.2) is 20.4 Å². The molecular formula is C13H12N4O2S. The maximum atomic E-state index is 12.3. The van der Waals surface area contributed by atoms with E-state index in [0.29, 0.717) is 10.2 Å². The van der Waals surface area contributed by atoms with Crippen molar-refractivity contribution in [2.75, 3.05) is 0 Å². The van der Waals surface area contributed by atoms with Gasteiger partial charge >= 0.3 is 0 Å². The highest BCUT2D eigenvalue weighted by atomic mass is 32.1. The van der Waals surface area contributed by atoms with Crippen LogP contribution in [0.4, 0.5) is 0 Å². The molecule has 7 heteroatoms. The number of hydrogen-bond acceptors (Lipinski definition) is 5. The quantitative estimate of drug-likeness (QED) is 0.764. The molecular weight excluding hydrogens is 276 g/mol. The van der Waals surface area contributed by atoms with E-state index in [1.807, 2.05) is 19.9 Å². The van der Waals surface area contributed by atoms with Crippen molar-refractivity contribution in [3.05, 3.63) is 34.0 Å². The number of aromatic nitrogens is 3. The molecule has 3 rings (SSSR count). The summed E-state index contributed by atoms with van der Waals surface area (Å²) < 4.78 is 1.73. The van der Waals surface area contributed by atoms with Gasteiger partial charge in [-0.1, -0.05) is 0 Å². The number of nitrogens with two attached hydrogens (primary N) is 1. The van der Waals surface area contributed by atoms with Gasteiger partial charge in [-0.15, -0.1) is 11.3 Å². The molecule has 3 aromatic heterocycles. The van der Waals surface area contributed by atoms with Crippen LogP contribution in [0.25, 0.3) is 20.4 Å². The number of pyridine rings is 1. The van der Waals surface area contributed by atoms with Crippen LogP contribution in [-0.2, 0) is 11.3 Å². The summed E-state index contributed by atoms with van der Waals surface area (Å²) in [6, 6.07) is 1.96. The fraction of sp³-hybridized carbons (Fsp3) is 0.231. The van der Waals surface area contributed by atoms with E-state index in [1.54, 1.807) is 0 Å². The minimum absolute atomic E-state index is 0.165. The van der Waals surface area contributed by atoms with E-state index in [1.165, 1.54) is 22.2 Å². The molecule has 102 valence electrons. The number of rotatable bonds is 2. The third-order valence-electron chi connectivity index (χ3n) is 3.07. The Hall–Kier alpha value is -2.28. The van der Waals surface area contributed by atoms with Gasteiger partial charge in [0.25, 0.3) is 5.56 Å². The molecule has 0 aliphatic carbocycles. The fourth-order valence-electron chi connectivity index (χ4n) is 2.28. The second kappa shape index (κ2) is 4.38. The maximum absolute atomic E-state index is 12.3. The van der Waals surface area contributed by atoms with Crippen molar-refractivity contribution in [1.29, 1.82) is 0 Å². The Morgan fingerprint density at radius 2 is 2.20 bits per heavy atom. The SMILES string of the molecule is Cc1cc(C)c2c(n1)sc1c(=O)n(CC(N)=O)cnc12. The second-order valence-corrected chi connectivity index (χ2v) is 5.68. The molecule has 6 nitrogen and oxygen atoms in total. The molecule has 0 spiro atoms. The monoisotopic (exact) mass is 288 g/mol. The lowest BCUT2D eigenvalue weighted by atomic mass is 10.1. The van der Waals surface area contributed by atoms with Gasteiger partial charge in [-0.25, -0.2) is 9.97 Å². The van der Waals surface area contributed by atoms with Crippen molar-refractivity contribution in [3.8, 4) is 0 Å². The number of fused-ring (bicyclic) bond motifs is 3. The summed E-state index contributed by atoms with van der Waals surface area (Å²) in [5.74, 6) is -0.570. The van der Waals surface area contributed by atoms with E-state index < -0.39 is 5.91 Å². The Morgan fingerprint density at radius 3 is 2.90 bits per heavy atom. The maximum Gasteiger partial charge on any atom is 0.271 e. The summed E-state index contributed by atoms with van der Waals surface area (Å²) in [5, 5.41) is 0.902. The van der Waals surface area contributed by atoms with Crippen molar-refractivity contribution in [2.24, 2.45) is 5.73 Å². The summed E-state index contributed by atoms with van der Waals surface area (Å²) in [7, 11) is 0. The molecule has 0 unspecified atom stereocenters. The van der Waals surface area contributed by atoms with Crippen LogP contribution in [0, 0.1) is 13.8 Å². The van der Waals surface area contributed by atoms with E-state index in [-0.39, 0.29) is 12.1 Å². The first kappa shape index (κ1) is 12.7. The number of carbonyl (C=O) groups excluding carboxylic acids is 1. The lowest BCUT2D eigenvalue weighted by Gasteiger charge is -2.01. The Morgan fingerprint density at radius 1 is 1.45 bits per heavy atom. The highest BCUT2D eigenvalue weighted by molar-refractivity contribution is 7.25. The van der Waals surface area contributed by atoms with E-state index in [2.05, 4.69) is 9.97 Å². The van der Waals surface area contributed by atoms with Gasteiger partial charge in [0.2, 0.25) is 5.91 Å². The molecule has 0 saturated heterocycles. The van der Waals surface area contributed by atoms with Gasteiger partial charge in [0.1, 0.15) is 16.1 Å². The molecule has 3 aromatic rings. The number of carbonyl (C=O) groups is 1. The van der Waals surface area contributed by atoms with Crippen LogP contribution >= 0.6 is 11.3 Å². The third kappa shape index (κ3) is 1.87. The van der Waals surface area contributed by atoms with Crippen LogP contribution in [0.1, 0.15) is 11.3 Å². The molecule has 2 N–H and O–H groups in total. The molecule has 0 atom stereocenters. The average Bonchev–Trinajstić information content (AvgIpc) is 2.71. The van der Waals surface area contributed by atoms with E-state index in [4.69, 9.17) is 5.73 Å². The Labute approximate surface area is 117 Å². The van der Waals surface area contributed by atoms with Crippen molar-refractivity contribution in [3.63, 3.8) is 0 Å². The van der Waals surface area contributed by atoms with Gasteiger partial charge in [0.05, 0.1) is 11.8 Å². The van der Waals surface area contributed by atoms with Gasteiger partial charge in [-0.2, -0.15) is 0 Å². The molecule has 0 radical (unpaired) electrons. The zero-order valence-electron chi connectivity index (χ0n) is 11.0. The summed E-state index contributed by atoms with van der Waals surface area (Å²) in [5.41, 5.74) is 7.45. The van der Waals surface area contributed by atoms with Gasteiger partial charge in [-0.3, -0.25) is 14.2 Å². The lowest BCUT2D eigenvalue weighted by molar-refractivity contribution is -0.118. The Balaban J connectivity index is 2.39. The minimum Gasteiger partial charge on any atom is -0.368 e. The van der Waals surface area contributed by atoms with Crippen molar-refractivity contribution < 1.29 is 4.79 Å². The number of amides is 1. The van der Waals surface area contributed by atoms with Crippen LogP contribution in [0.5, 0.6) is 0 Å². The first-order valence-corrected chi connectivity index (χ1v) is 6.83. The Bertz CT molecular complexity index is 910. The zero-order valence-corrected chi connectivity index (χ0v) is 11.8. The fourth-order valence-corrected chi connectivity index (χ4v) is 3.48. The number of aryl methyl sites for hydroxylation is 2. The molecule has 3 heterocycles. The molecule has 1 amide bonds. The summed E-state index contributed by atoms with van der Waals surface area (Å²) in [6.07, 6.45) is 1.36. The highest BCUT2D eigenvalue weighted by Crippen LogP contribution is 2.31. The molecule has 0 aliphatic rings. The molecule has 0 bridgehead atoms. The zero-order chi connectivity index (χ0) is 14.4. The number of primary amides is 1. The van der Waals surface area contributed by atoms with Crippen molar-refractivity contribution >= 4 is 37.7 Å². The van der Waals surface area contributed by atoms with E-state index in [9.17, 15) is 9.59 Å². The normalized spacial score (nSPS) is 11.3. The molecule has 0 fully saturated rings. The first-order valence-electron chi connectivity index (χ1n) is 6.01. The number of hydrogen-bond donors (Lipinski definition) is 1. The van der Waals surface area contributed by atoms with Crippen LogP contribution in [0.3, 0.4) is 0 Å². The summed E-state index contributed by atoms with van der Waals surface area (Å²) in [4.78, 5) is 32.8. The predicted octanol–water partition coefficient (Wildman–Crippen LogP) is 1.11. The van der Waals surface area contributed by atoms with E-state index in [0.717, 1.165) is 21.5 Å². The molecule has 20 heavy (non-hydrogen) atoms. The smallest absolute Gasteiger partial charge is 0.271 e. The summed E-state index contributed by atoms with van der Waals surface area (Å²) in [6.45, 7) is 3.72. The van der Waals surface area contributed by atoms with Crippen molar-refractivity contribution in [2.45, 2.75) is 20.4 Å². The number of nitrogens with zero attached hydrogens (tertiary/aromatic N) is 3. The highest BCUT2D eigenvalue weighted by Gasteiger charge is 2.15. The van der Waals surface area contributed by atoms with Crippen LogP contribution in [0.2, 0.25) is 0 Å². The average molecular weight is 288 g/mol. The molecule has 0 aromatic carbocycles. The first-order chi connectivity index (χ1) is 9.47. The van der Waals surface area contributed by atoms with Crippen molar-refractivity contribution in [1.82, 2.24) is 14.5 Å². The van der Waals surface area contributed by atoms with Gasteiger partial charge < -0.3 is 5.73 Å². The van der Waals surface area contributed by atoms with Gasteiger partial charge in [0, 0.05) is 11.1 Å². The molecule has 0 aliphatic heterocycles. The minimum atomic E-state index is -0.570. The number of thiophene rings is 1. The third-order valence-corrected chi connectivity index (χ3v) is 4.13. The van der Waals surface area contributed by atoms with Gasteiger partial charge in [-0.05, 0) is 25.5 Å². The van der Waals surface area contributed by atoms with E-state index >= 15 is 0 Å². The lowest BCUT2D eigenvalue weighted by Crippen LogP contribution is -2.27. The second-order valence-electron chi connectivity index (χ2n) is 4.68. The van der Waals surface area contributed by atoms with Gasteiger partial charge in [0.15, 0.2) is 0 Å². The molecule has 0 saturated carbocycles.